The van der Waals surface area contributed by atoms with Crippen LogP contribution >= 0.6 is 27.3 Å². The van der Waals surface area contributed by atoms with Crippen LogP contribution in [0.2, 0.25) is 0 Å². The first-order valence-electron chi connectivity index (χ1n) is 3.60. The van der Waals surface area contributed by atoms with Crippen molar-refractivity contribution in [3.63, 3.8) is 0 Å². The maximum atomic E-state index is 9.40. The molecule has 1 atom stereocenters. The number of alkyl halides is 1. The van der Waals surface area contributed by atoms with Crippen LogP contribution in [0.1, 0.15) is 22.8 Å². The second-order valence-corrected chi connectivity index (χ2v) is 4.18. The summed E-state index contributed by atoms with van der Waals surface area (Å²) in [5.74, 6) is 0. The average Bonchev–Trinajstić information content (AvgIpc) is 2.50. The molecule has 1 aromatic rings. The zero-order valence-electron chi connectivity index (χ0n) is 6.38. The molecule has 0 fully saturated rings. The fourth-order valence-electron chi connectivity index (χ4n) is 0.840. The molecule has 1 N–H and O–H groups in total. The molecule has 0 amide bonds. The molecule has 0 spiro atoms. The van der Waals surface area contributed by atoms with E-state index in [1.807, 2.05) is 6.07 Å². The minimum absolute atomic E-state index is 0.333. The Morgan fingerprint density at radius 1 is 1.64 bits per heavy atom. The Bertz CT molecular complexity index is 222. The van der Waals surface area contributed by atoms with E-state index in [2.05, 4.69) is 28.9 Å². The summed E-state index contributed by atoms with van der Waals surface area (Å²) in [7, 11) is 0. The van der Waals surface area contributed by atoms with Gasteiger partial charge in [-0.1, -0.05) is 22.9 Å². The molecule has 1 nitrogen and oxygen atoms in total. The Balaban J connectivity index is 2.71. The molecule has 1 aromatic heterocycles. The summed E-state index contributed by atoms with van der Waals surface area (Å²) < 4.78 is 0. The van der Waals surface area contributed by atoms with Gasteiger partial charge in [-0.2, -0.15) is 0 Å². The lowest BCUT2D eigenvalue weighted by atomic mass is 10.3. The number of aryl methyl sites for hydroxylation is 1. The monoisotopic (exact) mass is 234 g/mol. The van der Waals surface area contributed by atoms with Gasteiger partial charge in [-0.15, -0.1) is 11.3 Å². The Morgan fingerprint density at radius 2 is 2.36 bits per heavy atom. The van der Waals surface area contributed by atoms with Crippen LogP contribution < -0.4 is 0 Å². The molecule has 0 aliphatic rings. The summed E-state index contributed by atoms with van der Waals surface area (Å²) >= 11 is 4.92. The van der Waals surface area contributed by atoms with Crippen molar-refractivity contribution in [3.05, 3.63) is 21.9 Å². The number of hydrogen-bond acceptors (Lipinski definition) is 2. The summed E-state index contributed by atoms with van der Waals surface area (Å²) in [5.41, 5.74) is 0. The second kappa shape index (κ2) is 4.24. The van der Waals surface area contributed by atoms with E-state index in [4.69, 9.17) is 0 Å². The molecule has 1 rings (SSSR count). The van der Waals surface area contributed by atoms with E-state index >= 15 is 0 Å². The van der Waals surface area contributed by atoms with Crippen LogP contribution in [0, 0.1) is 0 Å². The number of hydrogen-bond donors (Lipinski definition) is 1. The third kappa shape index (κ3) is 2.29. The van der Waals surface area contributed by atoms with E-state index in [0.717, 1.165) is 11.3 Å². The molecular weight excluding hydrogens is 224 g/mol. The highest BCUT2D eigenvalue weighted by Crippen LogP contribution is 2.24. The van der Waals surface area contributed by atoms with Gasteiger partial charge in [0.05, 0.1) is 6.10 Å². The Morgan fingerprint density at radius 3 is 2.82 bits per heavy atom. The quantitative estimate of drug-likeness (QED) is 0.798. The third-order valence-corrected chi connectivity index (χ3v) is 3.45. The normalized spacial score (nSPS) is 13.4. The Kier molecular flexibility index (Phi) is 3.55. The van der Waals surface area contributed by atoms with Crippen molar-refractivity contribution in [2.75, 3.05) is 5.33 Å². The van der Waals surface area contributed by atoms with Gasteiger partial charge in [0.2, 0.25) is 0 Å². The Hall–Kier alpha value is 0.140. The van der Waals surface area contributed by atoms with E-state index in [1.54, 1.807) is 11.3 Å². The highest BCUT2D eigenvalue weighted by Gasteiger charge is 2.07. The predicted octanol–water partition coefficient (Wildman–Crippen LogP) is 2.74. The van der Waals surface area contributed by atoms with Crippen molar-refractivity contribution in [1.82, 2.24) is 0 Å². The van der Waals surface area contributed by atoms with Crippen molar-refractivity contribution < 1.29 is 5.11 Å². The first-order chi connectivity index (χ1) is 5.27. The minimum Gasteiger partial charge on any atom is -0.387 e. The van der Waals surface area contributed by atoms with Crippen molar-refractivity contribution in [2.45, 2.75) is 19.4 Å². The highest BCUT2D eigenvalue weighted by molar-refractivity contribution is 9.09. The van der Waals surface area contributed by atoms with Gasteiger partial charge >= 0.3 is 0 Å². The third-order valence-electron chi connectivity index (χ3n) is 1.51. The molecule has 3 heteroatoms. The van der Waals surface area contributed by atoms with Crippen LogP contribution in [-0.2, 0) is 6.42 Å². The van der Waals surface area contributed by atoms with Crippen LogP contribution in [0.4, 0.5) is 0 Å². The lowest BCUT2D eigenvalue weighted by Gasteiger charge is -2.00. The number of halogens is 1. The molecule has 0 radical (unpaired) electrons. The number of aliphatic hydroxyl groups is 1. The average molecular weight is 235 g/mol. The van der Waals surface area contributed by atoms with Crippen molar-refractivity contribution >= 4 is 27.3 Å². The van der Waals surface area contributed by atoms with Gasteiger partial charge < -0.3 is 5.11 Å². The zero-order chi connectivity index (χ0) is 8.27. The molecule has 1 heterocycles. The molecule has 0 saturated carbocycles. The van der Waals surface area contributed by atoms with Gasteiger partial charge in [-0.05, 0) is 18.6 Å². The van der Waals surface area contributed by atoms with Crippen LogP contribution in [0.25, 0.3) is 0 Å². The second-order valence-electron chi connectivity index (χ2n) is 2.33. The van der Waals surface area contributed by atoms with E-state index in [-0.39, 0.29) is 6.10 Å². The van der Waals surface area contributed by atoms with E-state index in [9.17, 15) is 5.11 Å². The fourth-order valence-corrected chi connectivity index (χ4v) is 2.34. The summed E-state index contributed by atoms with van der Waals surface area (Å²) in [6, 6.07) is 4.07. The molecule has 11 heavy (non-hydrogen) atoms. The molecule has 0 unspecified atom stereocenters. The van der Waals surface area contributed by atoms with Crippen molar-refractivity contribution in [2.24, 2.45) is 0 Å². The molecule has 0 aliphatic heterocycles. The highest BCUT2D eigenvalue weighted by atomic mass is 79.9. The first kappa shape index (κ1) is 9.23. The smallest absolute Gasteiger partial charge is 0.0978 e. The van der Waals surface area contributed by atoms with Gasteiger partial charge in [0, 0.05) is 15.1 Å². The van der Waals surface area contributed by atoms with E-state index < -0.39 is 0 Å². The predicted molar refractivity (Wildman–Crippen MR) is 52.5 cm³/mol. The number of aliphatic hydroxyl groups excluding tert-OH is 1. The van der Waals surface area contributed by atoms with Crippen molar-refractivity contribution in [3.8, 4) is 0 Å². The van der Waals surface area contributed by atoms with Gasteiger partial charge in [0.25, 0.3) is 0 Å². The van der Waals surface area contributed by atoms with Gasteiger partial charge in [0.1, 0.15) is 0 Å². The molecule has 0 saturated heterocycles. The van der Waals surface area contributed by atoms with E-state index in [1.165, 1.54) is 4.88 Å². The minimum atomic E-state index is -0.333. The summed E-state index contributed by atoms with van der Waals surface area (Å²) in [4.78, 5) is 2.39. The maximum absolute atomic E-state index is 9.40. The molecular formula is C8H11BrOS. The van der Waals surface area contributed by atoms with Crippen molar-refractivity contribution in [1.29, 1.82) is 0 Å². The zero-order valence-corrected chi connectivity index (χ0v) is 8.78. The number of rotatable bonds is 3. The standard InChI is InChI=1S/C8H11BrOS/c1-2-6-3-4-8(11-6)7(10)5-9/h3-4,7,10H,2,5H2,1H3/t7-/m0/s1. The molecule has 0 aliphatic carbocycles. The summed E-state index contributed by atoms with van der Waals surface area (Å²) in [5, 5.41) is 10.0. The van der Waals surface area contributed by atoms with Crippen LogP contribution in [0.3, 0.4) is 0 Å². The molecule has 62 valence electrons. The summed E-state index contributed by atoms with van der Waals surface area (Å²) in [6.45, 7) is 2.12. The molecule has 0 aromatic carbocycles. The van der Waals surface area contributed by atoms with E-state index in [0.29, 0.717) is 5.33 Å². The topological polar surface area (TPSA) is 20.2 Å². The maximum Gasteiger partial charge on any atom is 0.0978 e. The first-order valence-corrected chi connectivity index (χ1v) is 5.54. The number of thiophene rings is 1. The van der Waals surface area contributed by atoms with Crippen LogP contribution in [-0.4, -0.2) is 10.4 Å². The lowest BCUT2D eigenvalue weighted by Crippen LogP contribution is -1.93. The fraction of sp³-hybridized carbons (Fsp3) is 0.500. The van der Waals surface area contributed by atoms with Crippen LogP contribution in [0.15, 0.2) is 12.1 Å². The lowest BCUT2D eigenvalue weighted by molar-refractivity contribution is 0.209. The van der Waals surface area contributed by atoms with Gasteiger partial charge in [-0.25, -0.2) is 0 Å². The Labute approximate surface area is 79.2 Å². The largest absolute Gasteiger partial charge is 0.387 e. The van der Waals surface area contributed by atoms with Gasteiger partial charge in [0.15, 0.2) is 0 Å². The summed E-state index contributed by atoms with van der Waals surface area (Å²) in [6.07, 6.45) is 0.722. The molecule has 0 bridgehead atoms. The van der Waals surface area contributed by atoms with Crippen LogP contribution in [0.5, 0.6) is 0 Å². The van der Waals surface area contributed by atoms with Gasteiger partial charge in [-0.3, -0.25) is 0 Å². The SMILES string of the molecule is CCc1ccc([C@@H](O)CBr)s1.